The van der Waals surface area contributed by atoms with Crippen LogP contribution in [-0.2, 0) is 20.9 Å². The summed E-state index contributed by atoms with van der Waals surface area (Å²) in [5.74, 6) is 0.811. The number of hydrogen-bond acceptors (Lipinski definition) is 5. The monoisotopic (exact) mass is 318 g/mol. The minimum absolute atomic E-state index is 0.00488. The van der Waals surface area contributed by atoms with Crippen LogP contribution in [0.3, 0.4) is 0 Å². The summed E-state index contributed by atoms with van der Waals surface area (Å²) < 4.78 is 5.35. The minimum atomic E-state index is -0.131. The van der Waals surface area contributed by atoms with Crippen molar-refractivity contribution in [2.75, 3.05) is 37.7 Å². The SMILES string of the molecule is O=C1CCC(C(=O)NCc2ccnc(N3CCOCC3)c2)CN1. The van der Waals surface area contributed by atoms with E-state index < -0.39 is 0 Å². The van der Waals surface area contributed by atoms with Crippen LogP contribution >= 0.6 is 0 Å². The zero-order valence-corrected chi connectivity index (χ0v) is 13.1. The molecule has 0 aromatic carbocycles. The Morgan fingerprint density at radius 2 is 2.26 bits per heavy atom. The first kappa shape index (κ1) is 15.7. The Kier molecular flexibility index (Phi) is 5.07. The summed E-state index contributed by atoms with van der Waals surface area (Å²) in [6, 6.07) is 3.92. The smallest absolute Gasteiger partial charge is 0.225 e. The zero-order chi connectivity index (χ0) is 16.1. The number of anilines is 1. The third-order valence-corrected chi connectivity index (χ3v) is 4.25. The Bertz CT molecular complexity index is 562. The number of hydrogen-bond donors (Lipinski definition) is 2. The average Bonchev–Trinajstić information content (AvgIpc) is 2.61. The molecule has 3 heterocycles. The van der Waals surface area contributed by atoms with Crippen molar-refractivity contribution in [3.8, 4) is 0 Å². The lowest BCUT2D eigenvalue weighted by atomic mass is 9.98. The summed E-state index contributed by atoms with van der Waals surface area (Å²) in [4.78, 5) is 29.9. The van der Waals surface area contributed by atoms with Crippen molar-refractivity contribution >= 4 is 17.6 Å². The molecular formula is C16H22N4O3. The van der Waals surface area contributed by atoms with Crippen molar-refractivity contribution in [2.24, 2.45) is 5.92 Å². The van der Waals surface area contributed by atoms with Gasteiger partial charge in [-0.1, -0.05) is 0 Å². The third kappa shape index (κ3) is 4.19. The fourth-order valence-corrected chi connectivity index (χ4v) is 2.83. The molecule has 2 aliphatic heterocycles. The van der Waals surface area contributed by atoms with E-state index in [1.165, 1.54) is 0 Å². The van der Waals surface area contributed by atoms with Crippen molar-refractivity contribution in [1.29, 1.82) is 0 Å². The summed E-state index contributed by atoms with van der Waals surface area (Å²) in [5, 5.41) is 5.69. The number of pyridine rings is 1. The maximum Gasteiger partial charge on any atom is 0.225 e. The maximum atomic E-state index is 12.2. The van der Waals surface area contributed by atoms with Gasteiger partial charge in [-0.3, -0.25) is 9.59 Å². The third-order valence-electron chi connectivity index (χ3n) is 4.25. The standard InChI is InChI=1S/C16H22N4O3/c21-15-2-1-13(11-18-15)16(22)19-10-12-3-4-17-14(9-12)20-5-7-23-8-6-20/h3-4,9,13H,1-2,5-8,10-11H2,(H,18,21)(H,19,22). The van der Waals surface area contributed by atoms with Crippen molar-refractivity contribution in [3.05, 3.63) is 23.9 Å². The fourth-order valence-electron chi connectivity index (χ4n) is 2.83. The molecule has 2 aliphatic rings. The number of ether oxygens (including phenoxy) is 1. The van der Waals surface area contributed by atoms with E-state index in [9.17, 15) is 9.59 Å². The van der Waals surface area contributed by atoms with Crippen LogP contribution in [0.2, 0.25) is 0 Å². The van der Waals surface area contributed by atoms with Gasteiger partial charge >= 0.3 is 0 Å². The first-order chi connectivity index (χ1) is 11.2. The molecule has 7 nitrogen and oxygen atoms in total. The molecule has 2 saturated heterocycles. The second kappa shape index (κ2) is 7.41. The van der Waals surface area contributed by atoms with Crippen molar-refractivity contribution in [3.63, 3.8) is 0 Å². The summed E-state index contributed by atoms with van der Waals surface area (Å²) in [7, 11) is 0. The summed E-state index contributed by atoms with van der Waals surface area (Å²) in [6.07, 6.45) is 2.81. The number of nitrogens with one attached hydrogen (secondary N) is 2. The highest BCUT2D eigenvalue weighted by Crippen LogP contribution is 2.15. The number of morpholine rings is 1. The molecule has 1 aromatic heterocycles. The molecule has 0 radical (unpaired) electrons. The van der Waals surface area contributed by atoms with E-state index in [2.05, 4.69) is 20.5 Å². The summed E-state index contributed by atoms with van der Waals surface area (Å²) in [5.41, 5.74) is 1.02. The maximum absolute atomic E-state index is 12.2. The lowest BCUT2D eigenvalue weighted by Gasteiger charge is -2.28. The van der Waals surface area contributed by atoms with E-state index >= 15 is 0 Å². The summed E-state index contributed by atoms with van der Waals surface area (Å²) >= 11 is 0. The molecule has 1 aromatic rings. The van der Waals surface area contributed by atoms with Crippen LogP contribution in [-0.4, -0.2) is 49.6 Å². The van der Waals surface area contributed by atoms with Crippen LogP contribution in [0.1, 0.15) is 18.4 Å². The second-order valence-electron chi connectivity index (χ2n) is 5.88. The molecule has 3 rings (SSSR count). The van der Waals surface area contributed by atoms with E-state index in [0.29, 0.717) is 25.9 Å². The quantitative estimate of drug-likeness (QED) is 0.820. The highest BCUT2D eigenvalue weighted by Gasteiger charge is 2.24. The number of piperidine rings is 1. The molecule has 2 N–H and O–H groups in total. The Morgan fingerprint density at radius 3 is 3.00 bits per heavy atom. The average molecular weight is 318 g/mol. The van der Waals surface area contributed by atoms with Gasteiger partial charge in [0.25, 0.3) is 0 Å². The Hall–Kier alpha value is -2.15. The molecule has 2 amide bonds. The van der Waals surface area contributed by atoms with E-state index in [1.54, 1.807) is 6.20 Å². The molecule has 0 saturated carbocycles. The van der Waals surface area contributed by atoms with Gasteiger partial charge in [0.1, 0.15) is 5.82 Å². The second-order valence-corrected chi connectivity index (χ2v) is 5.88. The van der Waals surface area contributed by atoms with Gasteiger partial charge < -0.3 is 20.3 Å². The molecule has 124 valence electrons. The first-order valence-electron chi connectivity index (χ1n) is 8.04. The van der Waals surface area contributed by atoms with Gasteiger partial charge in [0, 0.05) is 38.8 Å². The van der Waals surface area contributed by atoms with Crippen molar-refractivity contribution in [2.45, 2.75) is 19.4 Å². The minimum Gasteiger partial charge on any atom is -0.378 e. The Labute approximate surface area is 135 Å². The van der Waals surface area contributed by atoms with Crippen molar-refractivity contribution < 1.29 is 14.3 Å². The number of aromatic nitrogens is 1. The van der Waals surface area contributed by atoms with Crippen LogP contribution in [0.5, 0.6) is 0 Å². The van der Waals surface area contributed by atoms with Crippen LogP contribution in [0.15, 0.2) is 18.3 Å². The van der Waals surface area contributed by atoms with Gasteiger partial charge in [-0.2, -0.15) is 0 Å². The topological polar surface area (TPSA) is 83.6 Å². The van der Waals surface area contributed by atoms with Gasteiger partial charge in [0.15, 0.2) is 0 Å². The van der Waals surface area contributed by atoms with Gasteiger partial charge in [-0.25, -0.2) is 4.98 Å². The number of nitrogens with zero attached hydrogens (tertiary/aromatic N) is 2. The molecule has 0 aliphatic carbocycles. The van der Waals surface area contributed by atoms with Gasteiger partial charge in [-0.15, -0.1) is 0 Å². The van der Waals surface area contributed by atoms with E-state index in [0.717, 1.165) is 37.7 Å². The van der Waals surface area contributed by atoms with E-state index in [-0.39, 0.29) is 17.7 Å². The predicted molar refractivity (Wildman–Crippen MR) is 84.8 cm³/mol. The molecule has 2 fully saturated rings. The zero-order valence-electron chi connectivity index (χ0n) is 13.1. The van der Waals surface area contributed by atoms with Gasteiger partial charge in [0.2, 0.25) is 11.8 Å². The van der Waals surface area contributed by atoms with E-state index in [4.69, 9.17) is 4.74 Å². The number of carbonyl (C=O) groups excluding carboxylic acids is 2. The normalized spacial score (nSPS) is 21.7. The van der Waals surface area contributed by atoms with Crippen LogP contribution in [0.4, 0.5) is 5.82 Å². The molecule has 0 bridgehead atoms. The Morgan fingerprint density at radius 1 is 1.43 bits per heavy atom. The molecule has 0 spiro atoms. The first-order valence-corrected chi connectivity index (χ1v) is 8.04. The highest BCUT2D eigenvalue weighted by atomic mass is 16.5. The highest BCUT2D eigenvalue weighted by molar-refractivity contribution is 5.83. The van der Waals surface area contributed by atoms with Crippen LogP contribution in [0, 0.1) is 5.92 Å². The fraction of sp³-hybridized carbons (Fsp3) is 0.562. The number of rotatable bonds is 4. The Balaban J connectivity index is 1.53. The molecule has 1 unspecified atom stereocenters. The molecular weight excluding hydrogens is 296 g/mol. The van der Waals surface area contributed by atoms with E-state index in [1.807, 2.05) is 12.1 Å². The molecule has 1 atom stereocenters. The number of carbonyl (C=O) groups is 2. The predicted octanol–water partition coefficient (Wildman–Crippen LogP) is 0.0606. The van der Waals surface area contributed by atoms with Crippen LogP contribution in [0.25, 0.3) is 0 Å². The largest absolute Gasteiger partial charge is 0.378 e. The van der Waals surface area contributed by atoms with Crippen LogP contribution < -0.4 is 15.5 Å². The number of amides is 2. The lowest BCUT2D eigenvalue weighted by Crippen LogP contribution is -2.42. The molecule has 7 heteroatoms. The lowest BCUT2D eigenvalue weighted by molar-refractivity contribution is -0.129. The van der Waals surface area contributed by atoms with Gasteiger partial charge in [0.05, 0.1) is 19.1 Å². The van der Waals surface area contributed by atoms with Gasteiger partial charge in [-0.05, 0) is 24.1 Å². The molecule has 23 heavy (non-hydrogen) atoms. The summed E-state index contributed by atoms with van der Waals surface area (Å²) in [6.45, 7) is 4.02. The van der Waals surface area contributed by atoms with Crippen molar-refractivity contribution in [1.82, 2.24) is 15.6 Å².